The molecule has 0 N–H and O–H groups in total. The molecule has 0 atom stereocenters. The fourth-order valence-electron chi connectivity index (χ4n) is 2.98. The molecule has 0 aliphatic heterocycles. The van der Waals surface area contributed by atoms with Gasteiger partial charge < -0.3 is 9.40 Å². The van der Waals surface area contributed by atoms with E-state index in [0.29, 0.717) is 18.2 Å². The highest BCUT2D eigenvalue weighted by molar-refractivity contribution is 6.30. The molecule has 1 heterocycles. The lowest BCUT2D eigenvalue weighted by atomic mass is 10.0. The van der Waals surface area contributed by atoms with Gasteiger partial charge in [-0.2, -0.15) is 0 Å². The van der Waals surface area contributed by atoms with Gasteiger partial charge in [0.15, 0.2) is 0 Å². The molecule has 0 saturated carbocycles. The first kappa shape index (κ1) is 19.0. The molecule has 0 saturated heterocycles. The Hall–Kier alpha value is -3.37. The van der Waals surface area contributed by atoms with Crippen molar-refractivity contribution in [1.82, 2.24) is 9.55 Å². The van der Waals surface area contributed by atoms with Gasteiger partial charge in [-0.05, 0) is 28.8 Å². The average molecular weight is 402 g/mol. The van der Waals surface area contributed by atoms with Crippen molar-refractivity contribution in [3.05, 3.63) is 114 Å². The number of benzene rings is 3. The van der Waals surface area contributed by atoms with Crippen LogP contribution in [-0.2, 0) is 18.0 Å². The van der Waals surface area contributed by atoms with Gasteiger partial charge in [-0.15, -0.1) is 0 Å². The Labute approximate surface area is 175 Å². The van der Waals surface area contributed by atoms with Crippen LogP contribution in [0.5, 0.6) is 0 Å². The van der Waals surface area contributed by atoms with Gasteiger partial charge >= 0.3 is 0 Å². The summed E-state index contributed by atoms with van der Waals surface area (Å²) in [4.78, 5) is 9.77. The summed E-state index contributed by atoms with van der Waals surface area (Å²) in [5.74, 6) is 0. The van der Waals surface area contributed by atoms with Crippen LogP contribution in [0.4, 0.5) is 0 Å². The summed E-state index contributed by atoms with van der Waals surface area (Å²) in [7, 11) is 0. The van der Waals surface area contributed by atoms with Gasteiger partial charge in [0.05, 0.1) is 12.9 Å². The minimum absolute atomic E-state index is 0.399. The Kier molecular flexibility index (Phi) is 6.03. The van der Waals surface area contributed by atoms with Crippen molar-refractivity contribution in [2.45, 2.75) is 13.2 Å². The number of oxime groups is 1. The Bertz CT molecular complexity index is 1060. The summed E-state index contributed by atoms with van der Waals surface area (Å²) in [6.07, 6.45) is 5.40. The van der Waals surface area contributed by atoms with Crippen LogP contribution in [-0.4, -0.2) is 15.3 Å². The van der Waals surface area contributed by atoms with Crippen molar-refractivity contribution in [2.24, 2.45) is 5.16 Å². The molecule has 0 bridgehead atoms. The van der Waals surface area contributed by atoms with E-state index in [1.807, 2.05) is 53.2 Å². The highest BCUT2D eigenvalue weighted by Crippen LogP contribution is 2.19. The van der Waals surface area contributed by atoms with Gasteiger partial charge in [0.2, 0.25) is 0 Å². The highest BCUT2D eigenvalue weighted by atomic mass is 35.5. The van der Waals surface area contributed by atoms with E-state index in [9.17, 15) is 0 Å². The number of imidazole rings is 1. The largest absolute Gasteiger partial charge is 0.391 e. The predicted octanol–water partition coefficient (Wildman–Crippen LogP) is 5.82. The van der Waals surface area contributed by atoms with E-state index < -0.39 is 0 Å². The van der Waals surface area contributed by atoms with Crippen molar-refractivity contribution >= 4 is 17.3 Å². The lowest BCUT2D eigenvalue weighted by molar-refractivity contribution is 0.130. The number of hydrogen-bond acceptors (Lipinski definition) is 3. The molecule has 3 aromatic carbocycles. The zero-order valence-electron chi connectivity index (χ0n) is 15.8. The molecule has 144 valence electrons. The fraction of sp³-hybridized carbons (Fsp3) is 0.0833. The summed E-state index contributed by atoms with van der Waals surface area (Å²) in [5.41, 5.74) is 5.21. The molecule has 0 amide bonds. The molecule has 4 aromatic rings. The summed E-state index contributed by atoms with van der Waals surface area (Å²) in [6.45, 7) is 0.963. The van der Waals surface area contributed by atoms with E-state index in [-0.39, 0.29) is 0 Å². The Balaban J connectivity index is 1.46. The van der Waals surface area contributed by atoms with Gasteiger partial charge in [-0.3, -0.25) is 0 Å². The van der Waals surface area contributed by atoms with E-state index in [2.05, 4.69) is 46.5 Å². The van der Waals surface area contributed by atoms with Crippen molar-refractivity contribution in [2.75, 3.05) is 0 Å². The Morgan fingerprint density at radius 1 is 0.897 bits per heavy atom. The second kappa shape index (κ2) is 9.22. The summed E-state index contributed by atoms with van der Waals surface area (Å²) in [5, 5.41) is 5.09. The van der Waals surface area contributed by atoms with E-state index >= 15 is 0 Å². The van der Waals surface area contributed by atoms with E-state index in [0.717, 1.165) is 16.8 Å². The van der Waals surface area contributed by atoms with Crippen LogP contribution < -0.4 is 0 Å². The normalized spacial score (nSPS) is 11.4. The van der Waals surface area contributed by atoms with Crippen LogP contribution in [0.2, 0.25) is 5.02 Å². The number of hydrogen-bond donors (Lipinski definition) is 0. The minimum atomic E-state index is 0.399. The smallest absolute Gasteiger partial charge is 0.142 e. The SMILES string of the molecule is Clc1ccc(/C(Cn2ccnc2)=N\OCc2ccc(-c3ccccc3)cc2)cc1. The summed E-state index contributed by atoms with van der Waals surface area (Å²) >= 11 is 6.01. The van der Waals surface area contributed by atoms with Gasteiger partial charge in [0.25, 0.3) is 0 Å². The van der Waals surface area contributed by atoms with E-state index in [1.54, 1.807) is 12.5 Å². The average Bonchev–Trinajstić information content (AvgIpc) is 3.28. The maximum atomic E-state index is 6.01. The van der Waals surface area contributed by atoms with Crippen LogP contribution >= 0.6 is 11.6 Å². The lowest BCUT2D eigenvalue weighted by Crippen LogP contribution is -2.11. The van der Waals surface area contributed by atoms with Crippen LogP contribution in [0.1, 0.15) is 11.1 Å². The molecule has 0 radical (unpaired) electrons. The number of rotatable bonds is 7. The standard InChI is InChI=1S/C24H20ClN3O/c25-23-12-10-22(11-13-23)24(16-28-15-14-26-18-28)27-29-17-19-6-8-21(9-7-19)20-4-2-1-3-5-20/h1-15,18H,16-17H2/b27-24-. The van der Waals surface area contributed by atoms with Crippen LogP contribution in [0, 0.1) is 0 Å². The fourth-order valence-corrected chi connectivity index (χ4v) is 3.10. The molecule has 0 aliphatic carbocycles. The lowest BCUT2D eigenvalue weighted by Gasteiger charge is -2.09. The highest BCUT2D eigenvalue weighted by Gasteiger charge is 2.07. The van der Waals surface area contributed by atoms with E-state index in [1.165, 1.54) is 11.1 Å². The van der Waals surface area contributed by atoms with Crippen molar-refractivity contribution < 1.29 is 4.84 Å². The Morgan fingerprint density at radius 3 is 2.31 bits per heavy atom. The van der Waals surface area contributed by atoms with Gasteiger partial charge in [-0.1, -0.05) is 83.5 Å². The third kappa shape index (κ3) is 5.12. The first-order valence-electron chi connectivity index (χ1n) is 9.33. The molecule has 5 heteroatoms. The van der Waals surface area contributed by atoms with Gasteiger partial charge in [-0.25, -0.2) is 4.98 Å². The second-order valence-electron chi connectivity index (χ2n) is 6.62. The second-order valence-corrected chi connectivity index (χ2v) is 7.05. The molecule has 4 rings (SSSR count). The molecule has 4 nitrogen and oxygen atoms in total. The monoisotopic (exact) mass is 401 g/mol. The van der Waals surface area contributed by atoms with Gasteiger partial charge in [0, 0.05) is 23.0 Å². The van der Waals surface area contributed by atoms with Gasteiger partial charge in [0.1, 0.15) is 12.3 Å². The molecule has 0 spiro atoms. The zero-order chi connectivity index (χ0) is 19.9. The van der Waals surface area contributed by atoms with Crippen LogP contribution in [0.3, 0.4) is 0 Å². The molecule has 0 aliphatic rings. The molecule has 0 unspecified atom stereocenters. The first-order chi connectivity index (χ1) is 14.3. The number of nitrogens with zero attached hydrogens (tertiary/aromatic N) is 3. The van der Waals surface area contributed by atoms with E-state index in [4.69, 9.17) is 16.4 Å². The molecular formula is C24H20ClN3O. The zero-order valence-corrected chi connectivity index (χ0v) is 16.5. The summed E-state index contributed by atoms with van der Waals surface area (Å²) in [6, 6.07) is 26.2. The third-order valence-electron chi connectivity index (χ3n) is 4.54. The third-order valence-corrected chi connectivity index (χ3v) is 4.79. The molecule has 0 fully saturated rings. The predicted molar refractivity (Wildman–Crippen MR) is 117 cm³/mol. The quantitative estimate of drug-likeness (QED) is 0.289. The maximum absolute atomic E-state index is 6.01. The number of halogens is 1. The van der Waals surface area contributed by atoms with Crippen molar-refractivity contribution in [3.8, 4) is 11.1 Å². The summed E-state index contributed by atoms with van der Waals surface area (Å²) < 4.78 is 1.95. The molecular weight excluding hydrogens is 382 g/mol. The number of aromatic nitrogens is 2. The topological polar surface area (TPSA) is 39.4 Å². The Morgan fingerprint density at radius 2 is 1.62 bits per heavy atom. The minimum Gasteiger partial charge on any atom is -0.391 e. The van der Waals surface area contributed by atoms with Crippen molar-refractivity contribution in [1.29, 1.82) is 0 Å². The molecule has 29 heavy (non-hydrogen) atoms. The maximum Gasteiger partial charge on any atom is 0.142 e. The van der Waals surface area contributed by atoms with Crippen LogP contribution in [0.15, 0.2) is 103 Å². The van der Waals surface area contributed by atoms with Crippen molar-refractivity contribution in [3.63, 3.8) is 0 Å². The molecule has 1 aromatic heterocycles. The van der Waals surface area contributed by atoms with Crippen LogP contribution in [0.25, 0.3) is 11.1 Å². The first-order valence-corrected chi connectivity index (χ1v) is 9.70.